The van der Waals surface area contributed by atoms with Crippen LogP contribution < -0.4 is 5.32 Å². The summed E-state index contributed by atoms with van der Waals surface area (Å²) in [7, 11) is 0. The predicted molar refractivity (Wildman–Crippen MR) is 93.6 cm³/mol. The lowest BCUT2D eigenvalue weighted by molar-refractivity contribution is -0.130. The van der Waals surface area contributed by atoms with Crippen molar-refractivity contribution >= 4 is 17.9 Å². The van der Waals surface area contributed by atoms with E-state index in [1.54, 1.807) is 29.3 Å². The Hall–Kier alpha value is -2.95. The smallest absolute Gasteiger partial charge is 0.223 e. The van der Waals surface area contributed by atoms with Crippen molar-refractivity contribution in [3.05, 3.63) is 77.2 Å². The summed E-state index contributed by atoms with van der Waals surface area (Å²) in [5.74, 6) is -0.707. The van der Waals surface area contributed by atoms with Crippen molar-refractivity contribution in [1.82, 2.24) is 10.2 Å². The topological polar surface area (TPSA) is 49.4 Å². The lowest BCUT2D eigenvalue weighted by Crippen LogP contribution is -2.35. The van der Waals surface area contributed by atoms with Gasteiger partial charge < -0.3 is 10.2 Å². The fourth-order valence-electron chi connectivity index (χ4n) is 3.00. The zero-order valence-corrected chi connectivity index (χ0v) is 13.9. The lowest BCUT2D eigenvalue weighted by Gasteiger charge is -2.32. The van der Waals surface area contributed by atoms with Crippen molar-refractivity contribution in [2.24, 2.45) is 0 Å². The molecule has 0 fully saturated rings. The summed E-state index contributed by atoms with van der Waals surface area (Å²) in [5, 5.41) is 2.74. The highest BCUT2D eigenvalue weighted by Gasteiger charge is 2.28. The zero-order valence-electron chi connectivity index (χ0n) is 13.9. The van der Waals surface area contributed by atoms with Crippen LogP contribution in [0.5, 0.6) is 0 Å². The summed E-state index contributed by atoms with van der Waals surface area (Å²) >= 11 is 0. The van der Waals surface area contributed by atoms with Crippen LogP contribution >= 0.6 is 0 Å². The number of carbonyl (C=O) groups is 2. The molecule has 2 amide bonds. The van der Waals surface area contributed by atoms with Crippen molar-refractivity contribution < 1.29 is 14.0 Å². The minimum Gasteiger partial charge on any atom is -0.352 e. The second kappa shape index (κ2) is 7.30. The van der Waals surface area contributed by atoms with Gasteiger partial charge in [0.2, 0.25) is 11.8 Å². The third kappa shape index (κ3) is 3.76. The second-order valence-corrected chi connectivity index (χ2v) is 5.96. The highest BCUT2D eigenvalue weighted by molar-refractivity contribution is 5.81. The van der Waals surface area contributed by atoms with Gasteiger partial charge in [-0.25, -0.2) is 4.39 Å². The molecule has 4 nitrogen and oxygen atoms in total. The maximum atomic E-state index is 13.7. The summed E-state index contributed by atoms with van der Waals surface area (Å²) < 4.78 is 13.7. The van der Waals surface area contributed by atoms with Gasteiger partial charge in [0.1, 0.15) is 5.82 Å². The van der Waals surface area contributed by atoms with E-state index in [0.29, 0.717) is 5.56 Å². The van der Waals surface area contributed by atoms with E-state index in [9.17, 15) is 14.0 Å². The number of hydrogen-bond donors (Lipinski definition) is 1. The van der Waals surface area contributed by atoms with Gasteiger partial charge in [-0.1, -0.05) is 42.5 Å². The summed E-state index contributed by atoms with van der Waals surface area (Å²) in [5.41, 5.74) is 2.36. The average Bonchev–Trinajstić information content (AvgIpc) is 2.61. The number of hydrogen-bond acceptors (Lipinski definition) is 2. The fraction of sp³-hybridized carbons (Fsp3) is 0.200. The Labute approximate surface area is 146 Å². The summed E-state index contributed by atoms with van der Waals surface area (Å²) in [6.07, 6.45) is 3.69. The number of nitrogens with one attached hydrogen (secondary N) is 1. The number of amides is 2. The quantitative estimate of drug-likeness (QED) is 0.929. The van der Waals surface area contributed by atoms with Gasteiger partial charge in [-0.05, 0) is 23.3 Å². The molecule has 0 bridgehead atoms. The first-order valence-corrected chi connectivity index (χ1v) is 8.12. The maximum absolute atomic E-state index is 13.7. The number of rotatable bonds is 4. The van der Waals surface area contributed by atoms with Crippen LogP contribution in [-0.4, -0.2) is 16.7 Å². The van der Waals surface area contributed by atoms with Crippen LogP contribution in [0.3, 0.4) is 0 Å². The van der Waals surface area contributed by atoms with Crippen LogP contribution in [0.4, 0.5) is 4.39 Å². The van der Waals surface area contributed by atoms with Crippen molar-refractivity contribution in [1.29, 1.82) is 0 Å². The van der Waals surface area contributed by atoms with Gasteiger partial charge in [0.05, 0.1) is 12.5 Å². The molecular formula is C20H19FN2O2. The van der Waals surface area contributed by atoms with Gasteiger partial charge in [0.15, 0.2) is 0 Å². The molecule has 2 aromatic rings. The summed E-state index contributed by atoms with van der Waals surface area (Å²) in [6.45, 7) is 1.60. The highest BCUT2D eigenvalue weighted by Crippen LogP contribution is 2.32. The van der Waals surface area contributed by atoms with Crippen molar-refractivity contribution in [3.63, 3.8) is 0 Å². The molecule has 0 saturated carbocycles. The molecule has 5 heteroatoms. The van der Waals surface area contributed by atoms with E-state index >= 15 is 0 Å². The number of benzene rings is 2. The lowest BCUT2D eigenvalue weighted by atomic mass is 9.93. The molecule has 0 spiro atoms. The Balaban J connectivity index is 1.73. The largest absolute Gasteiger partial charge is 0.352 e. The molecule has 0 aromatic heterocycles. The fourth-order valence-corrected chi connectivity index (χ4v) is 3.00. The summed E-state index contributed by atoms with van der Waals surface area (Å²) in [4.78, 5) is 25.9. The molecule has 0 unspecified atom stereocenters. The second-order valence-electron chi connectivity index (χ2n) is 5.96. The summed E-state index contributed by atoms with van der Waals surface area (Å²) in [6, 6.07) is 13.6. The SMILES string of the molecule is CC(=O)N1C=Cc2ccccc2[C@H]1CC(=O)NCc1ccccc1F. The minimum absolute atomic E-state index is 0.120. The Morgan fingerprint density at radius 1 is 1.12 bits per heavy atom. The van der Waals surface area contributed by atoms with E-state index in [1.807, 2.05) is 30.3 Å². The van der Waals surface area contributed by atoms with Crippen LogP contribution in [0.1, 0.15) is 36.1 Å². The average molecular weight is 338 g/mol. The number of halogens is 1. The Kier molecular flexibility index (Phi) is 4.93. The molecule has 2 aromatic carbocycles. The van der Waals surface area contributed by atoms with Crippen LogP contribution in [0.25, 0.3) is 6.08 Å². The number of fused-ring (bicyclic) bond motifs is 1. The van der Waals surface area contributed by atoms with E-state index in [-0.39, 0.29) is 36.6 Å². The van der Waals surface area contributed by atoms with Crippen molar-refractivity contribution in [3.8, 4) is 0 Å². The Morgan fingerprint density at radius 2 is 1.84 bits per heavy atom. The van der Waals surface area contributed by atoms with Crippen molar-refractivity contribution in [2.75, 3.05) is 0 Å². The molecule has 0 radical (unpaired) electrons. The van der Waals surface area contributed by atoms with E-state index in [2.05, 4.69) is 5.32 Å². The first-order chi connectivity index (χ1) is 12.1. The molecule has 0 saturated heterocycles. The van der Waals surface area contributed by atoms with Crippen LogP contribution in [0.2, 0.25) is 0 Å². The first-order valence-electron chi connectivity index (χ1n) is 8.12. The van der Waals surface area contributed by atoms with Crippen LogP contribution in [0, 0.1) is 5.82 Å². The number of nitrogens with zero attached hydrogens (tertiary/aromatic N) is 1. The zero-order chi connectivity index (χ0) is 17.8. The van der Waals surface area contributed by atoms with Crippen LogP contribution in [0.15, 0.2) is 54.7 Å². The molecule has 1 heterocycles. The van der Waals surface area contributed by atoms with Gasteiger partial charge in [-0.3, -0.25) is 9.59 Å². The van der Waals surface area contributed by atoms with E-state index < -0.39 is 0 Å². The maximum Gasteiger partial charge on any atom is 0.223 e. The molecule has 0 aliphatic carbocycles. The van der Waals surface area contributed by atoms with Gasteiger partial charge >= 0.3 is 0 Å². The predicted octanol–water partition coefficient (Wildman–Crippen LogP) is 3.41. The van der Waals surface area contributed by atoms with E-state index in [4.69, 9.17) is 0 Å². The van der Waals surface area contributed by atoms with Crippen LogP contribution in [-0.2, 0) is 16.1 Å². The van der Waals surface area contributed by atoms with Gasteiger partial charge in [0, 0.05) is 25.2 Å². The standard InChI is InChI=1S/C20H19FN2O2/c1-14(24)23-11-10-15-6-2-4-8-17(15)19(23)12-20(25)22-13-16-7-3-5-9-18(16)21/h2-11,19H,12-13H2,1H3,(H,22,25)/t19-/m1/s1. The third-order valence-electron chi connectivity index (χ3n) is 4.28. The monoisotopic (exact) mass is 338 g/mol. The molecular weight excluding hydrogens is 319 g/mol. The van der Waals surface area contributed by atoms with Gasteiger partial charge in [-0.2, -0.15) is 0 Å². The number of carbonyl (C=O) groups excluding carboxylic acids is 2. The molecule has 3 rings (SSSR count). The Morgan fingerprint density at radius 3 is 2.60 bits per heavy atom. The van der Waals surface area contributed by atoms with Gasteiger partial charge in [-0.15, -0.1) is 0 Å². The molecule has 1 atom stereocenters. The van der Waals surface area contributed by atoms with E-state index in [1.165, 1.54) is 13.0 Å². The molecule has 1 N–H and O–H groups in total. The highest BCUT2D eigenvalue weighted by atomic mass is 19.1. The first kappa shape index (κ1) is 16.9. The third-order valence-corrected chi connectivity index (χ3v) is 4.28. The molecule has 128 valence electrons. The van der Waals surface area contributed by atoms with Gasteiger partial charge in [0.25, 0.3) is 0 Å². The Bertz CT molecular complexity index is 832. The normalized spacial score (nSPS) is 15.6. The molecule has 25 heavy (non-hydrogen) atoms. The molecule has 1 aliphatic rings. The minimum atomic E-state index is -0.362. The molecule has 1 aliphatic heterocycles. The van der Waals surface area contributed by atoms with E-state index in [0.717, 1.165) is 11.1 Å². The van der Waals surface area contributed by atoms with Crippen molar-refractivity contribution in [2.45, 2.75) is 25.9 Å².